The molecule has 3 heteroatoms. The SMILES string of the molecule is CC(C)CCc1ccc(C(=O)O)c(CCC(C)C)c1.[H-].[H-].[Mg+2]. The van der Waals surface area contributed by atoms with Crippen molar-refractivity contribution in [1.29, 1.82) is 0 Å². The smallest absolute Gasteiger partial charge is 1.00 e. The zero-order valence-electron chi connectivity index (χ0n) is 15.3. The van der Waals surface area contributed by atoms with Gasteiger partial charge in [-0.1, -0.05) is 39.8 Å². The zero-order chi connectivity index (χ0) is 14.4. The molecule has 0 aliphatic heterocycles. The van der Waals surface area contributed by atoms with Gasteiger partial charge < -0.3 is 7.96 Å². The first-order valence-electron chi connectivity index (χ1n) is 7.25. The molecule has 0 heterocycles. The van der Waals surface area contributed by atoms with E-state index in [1.165, 1.54) is 5.56 Å². The topological polar surface area (TPSA) is 37.3 Å². The van der Waals surface area contributed by atoms with Crippen LogP contribution in [0.5, 0.6) is 0 Å². The molecule has 0 aliphatic rings. The Morgan fingerprint density at radius 3 is 2.15 bits per heavy atom. The molecule has 110 valence electrons. The van der Waals surface area contributed by atoms with Crippen LogP contribution in [-0.2, 0) is 12.8 Å². The molecule has 0 amide bonds. The molecule has 0 saturated heterocycles. The second-order valence-corrected chi connectivity index (χ2v) is 6.16. The monoisotopic (exact) mass is 288 g/mol. The Balaban J connectivity index is -0.00000120. The number of carbonyl (C=O) groups is 1. The van der Waals surface area contributed by atoms with Gasteiger partial charge >= 0.3 is 29.0 Å². The molecule has 0 fully saturated rings. The largest absolute Gasteiger partial charge is 2.00 e. The van der Waals surface area contributed by atoms with E-state index in [9.17, 15) is 9.90 Å². The number of aromatic carboxylic acids is 1. The molecule has 0 saturated carbocycles. The van der Waals surface area contributed by atoms with Crippen LogP contribution in [0, 0.1) is 11.8 Å². The van der Waals surface area contributed by atoms with E-state index >= 15 is 0 Å². The van der Waals surface area contributed by atoms with Gasteiger partial charge in [0.15, 0.2) is 0 Å². The van der Waals surface area contributed by atoms with E-state index in [1.807, 2.05) is 6.07 Å². The van der Waals surface area contributed by atoms with Crippen molar-refractivity contribution in [2.75, 3.05) is 0 Å². The van der Waals surface area contributed by atoms with Gasteiger partial charge in [0.25, 0.3) is 0 Å². The first-order valence-corrected chi connectivity index (χ1v) is 7.25. The standard InChI is InChI=1S/C17H26O2.Mg.2H/c1-12(2)5-7-14-8-10-16(17(18)19)15(11-14)9-6-13(3)4;;;/h8,10-13H,5-7,9H2,1-4H3,(H,18,19);;;/q;+2;2*-1. The molecule has 0 spiro atoms. The van der Waals surface area contributed by atoms with Gasteiger partial charge in [0.1, 0.15) is 0 Å². The van der Waals surface area contributed by atoms with E-state index in [1.54, 1.807) is 6.07 Å². The second-order valence-electron chi connectivity index (χ2n) is 6.16. The van der Waals surface area contributed by atoms with Crippen LogP contribution in [0.1, 0.15) is 64.9 Å². The van der Waals surface area contributed by atoms with Gasteiger partial charge in [-0.25, -0.2) is 4.79 Å². The van der Waals surface area contributed by atoms with Crippen molar-refractivity contribution < 1.29 is 12.8 Å². The molecule has 0 bridgehead atoms. The third kappa shape index (κ3) is 6.75. The summed E-state index contributed by atoms with van der Waals surface area (Å²) in [6.07, 6.45) is 4.07. The third-order valence-corrected chi connectivity index (χ3v) is 3.40. The molecular formula is C17H28MgO2. The van der Waals surface area contributed by atoms with Crippen molar-refractivity contribution in [2.24, 2.45) is 11.8 Å². The van der Waals surface area contributed by atoms with Crippen molar-refractivity contribution >= 4 is 29.0 Å². The first kappa shape index (κ1) is 19.5. The summed E-state index contributed by atoms with van der Waals surface area (Å²) >= 11 is 0. The summed E-state index contributed by atoms with van der Waals surface area (Å²) in [5, 5.41) is 9.24. The Morgan fingerprint density at radius 1 is 1.10 bits per heavy atom. The molecule has 1 aromatic rings. The molecule has 2 nitrogen and oxygen atoms in total. The maximum atomic E-state index is 11.2. The van der Waals surface area contributed by atoms with Crippen molar-refractivity contribution in [3.05, 3.63) is 34.9 Å². The Kier molecular flexibility index (Phi) is 9.15. The van der Waals surface area contributed by atoms with Gasteiger partial charge in [0.2, 0.25) is 0 Å². The summed E-state index contributed by atoms with van der Waals surface area (Å²) in [5.41, 5.74) is 2.72. The van der Waals surface area contributed by atoms with Crippen LogP contribution in [-0.4, -0.2) is 34.1 Å². The maximum absolute atomic E-state index is 11.2. The molecule has 0 radical (unpaired) electrons. The van der Waals surface area contributed by atoms with Crippen molar-refractivity contribution in [2.45, 2.75) is 53.4 Å². The molecule has 0 aromatic heterocycles. The minimum atomic E-state index is -0.811. The van der Waals surface area contributed by atoms with Crippen LogP contribution in [0.2, 0.25) is 0 Å². The Hall–Kier alpha value is -0.544. The summed E-state index contributed by atoms with van der Waals surface area (Å²) < 4.78 is 0. The van der Waals surface area contributed by atoms with E-state index in [-0.39, 0.29) is 25.9 Å². The van der Waals surface area contributed by atoms with E-state index in [2.05, 4.69) is 33.8 Å². The molecule has 1 rings (SSSR count). The first-order chi connectivity index (χ1) is 8.90. The molecular weight excluding hydrogens is 260 g/mol. The minimum absolute atomic E-state index is 0. The Bertz CT molecular complexity index is 435. The fraction of sp³-hybridized carbons (Fsp3) is 0.588. The fourth-order valence-electron chi connectivity index (χ4n) is 2.12. The van der Waals surface area contributed by atoms with Crippen LogP contribution in [0.25, 0.3) is 0 Å². The van der Waals surface area contributed by atoms with Crippen molar-refractivity contribution in [3.8, 4) is 0 Å². The summed E-state index contributed by atoms with van der Waals surface area (Å²) in [7, 11) is 0. The van der Waals surface area contributed by atoms with E-state index < -0.39 is 5.97 Å². The van der Waals surface area contributed by atoms with Gasteiger partial charge in [0.05, 0.1) is 5.56 Å². The molecule has 20 heavy (non-hydrogen) atoms. The number of hydrogen-bond acceptors (Lipinski definition) is 1. The van der Waals surface area contributed by atoms with Crippen molar-refractivity contribution in [1.82, 2.24) is 0 Å². The summed E-state index contributed by atoms with van der Waals surface area (Å²) in [4.78, 5) is 11.2. The number of carboxylic acid groups (broad SMARTS) is 1. The molecule has 0 unspecified atom stereocenters. The Labute approximate surface area is 142 Å². The van der Waals surface area contributed by atoms with Gasteiger partial charge in [0, 0.05) is 0 Å². The average molecular weight is 289 g/mol. The van der Waals surface area contributed by atoms with Crippen LogP contribution in [0.4, 0.5) is 0 Å². The van der Waals surface area contributed by atoms with E-state index in [4.69, 9.17) is 0 Å². The summed E-state index contributed by atoms with van der Waals surface area (Å²) in [6, 6.07) is 5.83. The van der Waals surface area contributed by atoms with Crippen LogP contribution in [0.3, 0.4) is 0 Å². The average Bonchev–Trinajstić information content (AvgIpc) is 2.33. The van der Waals surface area contributed by atoms with E-state index in [0.29, 0.717) is 17.4 Å². The molecule has 1 aromatic carbocycles. The molecule has 0 aliphatic carbocycles. The number of aryl methyl sites for hydroxylation is 2. The number of rotatable bonds is 7. The quantitative estimate of drug-likeness (QED) is 0.755. The molecule has 1 N–H and O–H groups in total. The number of carboxylic acids is 1. The zero-order valence-corrected chi connectivity index (χ0v) is 14.7. The van der Waals surface area contributed by atoms with Gasteiger partial charge in [-0.3, -0.25) is 0 Å². The minimum Gasteiger partial charge on any atom is -1.00 e. The van der Waals surface area contributed by atoms with Crippen LogP contribution >= 0.6 is 0 Å². The van der Waals surface area contributed by atoms with Crippen molar-refractivity contribution in [3.63, 3.8) is 0 Å². The summed E-state index contributed by atoms with van der Waals surface area (Å²) in [6.45, 7) is 8.77. The second kappa shape index (κ2) is 9.40. The fourth-order valence-corrected chi connectivity index (χ4v) is 2.12. The number of hydrogen-bond donors (Lipinski definition) is 1. The normalized spacial score (nSPS) is 10.7. The molecule has 0 atom stereocenters. The summed E-state index contributed by atoms with van der Waals surface area (Å²) in [5.74, 6) is 0.466. The number of benzene rings is 1. The van der Waals surface area contributed by atoms with Gasteiger partial charge in [-0.15, -0.1) is 0 Å². The van der Waals surface area contributed by atoms with Crippen LogP contribution < -0.4 is 0 Å². The maximum Gasteiger partial charge on any atom is 2.00 e. The van der Waals surface area contributed by atoms with Gasteiger partial charge in [-0.05, 0) is 54.7 Å². The van der Waals surface area contributed by atoms with Crippen LogP contribution in [0.15, 0.2) is 18.2 Å². The predicted molar refractivity (Wildman–Crippen MR) is 87.7 cm³/mol. The Morgan fingerprint density at radius 2 is 1.65 bits per heavy atom. The van der Waals surface area contributed by atoms with E-state index in [0.717, 1.165) is 31.2 Å². The third-order valence-electron chi connectivity index (χ3n) is 3.40. The predicted octanol–water partition coefficient (Wildman–Crippen LogP) is 4.41. The van der Waals surface area contributed by atoms with Gasteiger partial charge in [-0.2, -0.15) is 0 Å².